The van der Waals surface area contributed by atoms with Crippen LogP contribution in [0.3, 0.4) is 0 Å². The lowest BCUT2D eigenvalue weighted by Crippen LogP contribution is -2.23. The zero-order chi connectivity index (χ0) is 20.6. The summed E-state index contributed by atoms with van der Waals surface area (Å²) in [5.41, 5.74) is 3.57. The molecular formula is C22H22N4O3. The highest BCUT2D eigenvalue weighted by molar-refractivity contribution is 5.93. The lowest BCUT2D eigenvalue weighted by molar-refractivity contribution is -0.114. The number of benzene rings is 2. The molecule has 29 heavy (non-hydrogen) atoms. The van der Waals surface area contributed by atoms with E-state index in [4.69, 9.17) is 4.74 Å². The molecule has 0 unspecified atom stereocenters. The highest BCUT2D eigenvalue weighted by Gasteiger charge is 2.08. The van der Waals surface area contributed by atoms with Crippen molar-refractivity contribution >= 4 is 28.9 Å². The van der Waals surface area contributed by atoms with Crippen LogP contribution in [0.25, 0.3) is 0 Å². The van der Waals surface area contributed by atoms with Crippen molar-refractivity contribution in [1.82, 2.24) is 10.3 Å². The van der Waals surface area contributed by atoms with E-state index in [1.54, 1.807) is 37.6 Å². The molecule has 0 radical (unpaired) electrons. The Morgan fingerprint density at radius 2 is 1.62 bits per heavy atom. The van der Waals surface area contributed by atoms with E-state index in [0.29, 0.717) is 12.2 Å². The summed E-state index contributed by atoms with van der Waals surface area (Å²) in [4.78, 5) is 27.7. The average Bonchev–Trinajstić information content (AvgIpc) is 2.73. The van der Waals surface area contributed by atoms with Gasteiger partial charge in [-0.25, -0.2) is 0 Å². The first-order chi connectivity index (χ1) is 14.0. The first-order valence-electron chi connectivity index (χ1n) is 9.05. The van der Waals surface area contributed by atoms with Crippen LogP contribution < -0.4 is 20.7 Å². The number of aromatic nitrogens is 1. The second-order valence-electron chi connectivity index (χ2n) is 6.34. The third-order valence-corrected chi connectivity index (χ3v) is 4.10. The molecule has 0 fully saturated rings. The number of nitrogens with one attached hydrogen (secondary N) is 3. The van der Waals surface area contributed by atoms with Crippen LogP contribution in [0.5, 0.6) is 5.75 Å². The number of rotatable bonds is 7. The lowest BCUT2D eigenvalue weighted by Gasteiger charge is -2.10. The molecule has 0 saturated carbocycles. The molecule has 0 aliphatic heterocycles. The van der Waals surface area contributed by atoms with Crippen molar-refractivity contribution in [2.75, 3.05) is 17.7 Å². The lowest BCUT2D eigenvalue weighted by atomic mass is 10.2. The van der Waals surface area contributed by atoms with Crippen molar-refractivity contribution in [3.8, 4) is 5.75 Å². The quantitative estimate of drug-likeness (QED) is 0.572. The molecule has 1 heterocycles. The topological polar surface area (TPSA) is 92.4 Å². The fraction of sp³-hybridized carbons (Fsp3) is 0.136. The summed E-state index contributed by atoms with van der Waals surface area (Å²) in [7, 11) is 1.61. The number of pyridine rings is 1. The molecule has 0 atom stereocenters. The maximum absolute atomic E-state index is 12.4. The van der Waals surface area contributed by atoms with Crippen molar-refractivity contribution in [3.63, 3.8) is 0 Å². The van der Waals surface area contributed by atoms with Crippen molar-refractivity contribution in [3.05, 3.63) is 78.1 Å². The van der Waals surface area contributed by atoms with Crippen LogP contribution in [-0.2, 0) is 11.3 Å². The molecule has 0 aliphatic carbocycles. The zero-order valence-electron chi connectivity index (χ0n) is 16.2. The summed E-state index contributed by atoms with van der Waals surface area (Å²) in [6, 6.07) is 18.2. The van der Waals surface area contributed by atoms with Crippen molar-refractivity contribution in [2.24, 2.45) is 0 Å². The molecule has 7 nitrogen and oxygen atoms in total. The van der Waals surface area contributed by atoms with Gasteiger partial charge in [-0.1, -0.05) is 12.1 Å². The molecule has 0 spiro atoms. The summed E-state index contributed by atoms with van der Waals surface area (Å²) in [5, 5.41) is 8.80. The molecule has 7 heteroatoms. The van der Waals surface area contributed by atoms with E-state index in [1.165, 1.54) is 6.92 Å². The number of carbonyl (C=O) groups excluding carboxylic acids is 2. The Bertz CT molecular complexity index is 986. The number of hydrogen-bond donors (Lipinski definition) is 3. The minimum Gasteiger partial charge on any atom is -0.497 e. The summed E-state index contributed by atoms with van der Waals surface area (Å²) >= 11 is 0. The highest BCUT2D eigenvalue weighted by atomic mass is 16.5. The summed E-state index contributed by atoms with van der Waals surface area (Å²) < 4.78 is 5.13. The Hall–Kier alpha value is -3.87. The van der Waals surface area contributed by atoms with Gasteiger partial charge in [0.05, 0.1) is 7.11 Å². The molecular weight excluding hydrogens is 368 g/mol. The standard InChI is InChI=1S/C22H22N4O3/c1-15(27)25-17-5-7-18(8-6-17)26-19-11-12-23-21(13-19)22(28)24-14-16-3-9-20(29-2)10-4-16/h3-13H,14H2,1-2H3,(H,23,26)(H,24,28)(H,25,27). The predicted octanol–water partition coefficient (Wildman–Crippen LogP) is 3.72. The van der Waals surface area contributed by atoms with Crippen LogP contribution in [-0.4, -0.2) is 23.9 Å². The second kappa shape index (κ2) is 9.36. The Labute approximate surface area is 169 Å². The van der Waals surface area contributed by atoms with Gasteiger partial charge in [0.25, 0.3) is 5.91 Å². The van der Waals surface area contributed by atoms with Crippen LogP contribution >= 0.6 is 0 Å². The van der Waals surface area contributed by atoms with Crippen LogP contribution in [0.1, 0.15) is 23.0 Å². The molecule has 0 bridgehead atoms. The van der Waals surface area contributed by atoms with E-state index in [1.807, 2.05) is 36.4 Å². The van der Waals surface area contributed by atoms with Gasteiger partial charge in [0.1, 0.15) is 11.4 Å². The Morgan fingerprint density at radius 1 is 0.931 bits per heavy atom. The fourth-order valence-electron chi connectivity index (χ4n) is 2.66. The third kappa shape index (κ3) is 5.80. The largest absolute Gasteiger partial charge is 0.497 e. The molecule has 1 aromatic heterocycles. The zero-order valence-corrected chi connectivity index (χ0v) is 16.2. The Balaban J connectivity index is 1.60. The molecule has 0 aliphatic rings. The molecule has 3 N–H and O–H groups in total. The SMILES string of the molecule is COc1ccc(CNC(=O)c2cc(Nc3ccc(NC(C)=O)cc3)ccn2)cc1. The first kappa shape index (κ1) is 19.9. The normalized spacial score (nSPS) is 10.1. The van der Waals surface area contributed by atoms with E-state index in [0.717, 1.165) is 28.4 Å². The van der Waals surface area contributed by atoms with Gasteiger partial charge in [-0.3, -0.25) is 14.6 Å². The highest BCUT2D eigenvalue weighted by Crippen LogP contribution is 2.19. The van der Waals surface area contributed by atoms with Gasteiger partial charge in [0.2, 0.25) is 5.91 Å². The van der Waals surface area contributed by atoms with Crippen LogP contribution in [0.15, 0.2) is 66.9 Å². The second-order valence-corrected chi connectivity index (χ2v) is 6.34. The number of amides is 2. The average molecular weight is 390 g/mol. The van der Waals surface area contributed by atoms with Crippen molar-refractivity contribution < 1.29 is 14.3 Å². The van der Waals surface area contributed by atoms with E-state index in [2.05, 4.69) is 20.9 Å². The maximum atomic E-state index is 12.4. The molecule has 2 aromatic carbocycles. The first-order valence-corrected chi connectivity index (χ1v) is 9.05. The van der Waals surface area contributed by atoms with Gasteiger partial charge in [-0.05, 0) is 54.1 Å². The van der Waals surface area contributed by atoms with Crippen molar-refractivity contribution in [1.29, 1.82) is 0 Å². The van der Waals surface area contributed by atoms with Gasteiger partial charge in [0.15, 0.2) is 0 Å². The van der Waals surface area contributed by atoms with E-state index < -0.39 is 0 Å². The molecule has 0 saturated heterocycles. The van der Waals surface area contributed by atoms with Gasteiger partial charge in [-0.15, -0.1) is 0 Å². The smallest absolute Gasteiger partial charge is 0.270 e. The predicted molar refractivity (Wildman–Crippen MR) is 112 cm³/mol. The van der Waals surface area contributed by atoms with Crippen LogP contribution in [0.2, 0.25) is 0 Å². The minimum absolute atomic E-state index is 0.120. The Morgan fingerprint density at radius 3 is 2.28 bits per heavy atom. The fourth-order valence-corrected chi connectivity index (χ4v) is 2.66. The number of carbonyl (C=O) groups is 2. The van der Waals surface area contributed by atoms with Crippen molar-refractivity contribution in [2.45, 2.75) is 13.5 Å². The van der Waals surface area contributed by atoms with Gasteiger partial charge in [0, 0.05) is 36.7 Å². The maximum Gasteiger partial charge on any atom is 0.270 e. The molecule has 148 valence electrons. The van der Waals surface area contributed by atoms with E-state index in [-0.39, 0.29) is 11.8 Å². The van der Waals surface area contributed by atoms with Gasteiger partial charge in [-0.2, -0.15) is 0 Å². The van der Waals surface area contributed by atoms with E-state index >= 15 is 0 Å². The summed E-state index contributed by atoms with van der Waals surface area (Å²) in [5.74, 6) is 0.390. The number of methoxy groups -OCH3 is 1. The molecule has 3 rings (SSSR count). The summed E-state index contributed by atoms with van der Waals surface area (Å²) in [6.07, 6.45) is 1.58. The number of anilines is 3. The number of hydrogen-bond acceptors (Lipinski definition) is 5. The summed E-state index contributed by atoms with van der Waals surface area (Å²) in [6.45, 7) is 1.86. The van der Waals surface area contributed by atoms with Crippen LogP contribution in [0, 0.1) is 0 Å². The molecule has 3 aromatic rings. The van der Waals surface area contributed by atoms with Gasteiger partial charge < -0.3 is 20.7 Å². The minimum atomic E-state index is -0.259. The monoisotopic (exact) mass is 390 g/mol. The van der Waals surface area contributed by atoms with E-state index in [9.17, 15) is 9.59 Å². The molecule has 2 amide bonds. The number of nitrogens with zero attached hydrogens (tertiary/aromatic N) is 1. The third-order valence-electron chi connectivity index (χ3n) is 4.10. The van der Waals surface area contributed by atoms with Crippen LogP contribution in [0.4, 0.5) is 17.1 Å². The van der Waals surface area contributed by atoms with Gasteiger partial charge >= 0.3 is 0 Å². The Kier molecular flexibility index (Phi) is 6.42. The number of ether oxygens (including phenoxy) is 1.